The molecule has 0 aromatic heterocycles. The molecule has 2 atom stereocenters. The van der Waals surface area contributed by atoms with E-state index in [9.17, 15) is 4.79 Å². The van der Waals surface area contributed by atoms with E-state index in [1.807, 2.05) is 4.90 Å². The van der Waals surface area contributed by atoms with Crippen molar-refractivity contribution < 1.29 is 9.53 Å². The highest BCUT2D eigenvalue weighted by Crippen LogP contribution is 2.17. The molecule has 1 amide bonds. The molecular formula is C11H20N2O2. The number of likely N-dealkylation sites (tertiary alicyclic amines) is 1. The SMILES string of the molecule is COC1CCCN(C(=O)[C@H]2CCNC2)C1. The number of amides is 1. The number of carbonyl (C=O) groups excluding carboxylic acids is 1. The first kappa shape index (κ1) is 10.9. The van der Waals surface area contributed by atoms with E-state index in [1.54, 1.807) is 7.11 Å². The van der Waals surface area contributed by atoms with Gasteiger partial charge in [-0.1, -0.05) is 0 Å². The van der Waals surface area contributed by atoms with Crippen molar-refractivity contribution in [2.45, 2.75) is 25.4 Å². The van der Waals surface area contributed by atoms with E-state index >= 15 is 0 Å². The van der Waals surface area contributed by atoms with Crippen LogP contribution in [0.1, 0.15) is 19.3 Å². The summed E-state index contributed by atoms with van der Waals surface area (Å²) in [5.41, 5.74) is 0. The number of rotatable bonds is 2. The summed E-state index contributed by atoms with van der Waals surface area (Å²) in [5.74, 6) is 0.530. The molecule has 2 rings (SSSR count). The topological polar surface area (TPSA) is 41.6 Å². The Hall–Kier alpha value is -0.610. The Morgan fingerprint density at radius 3 is 3.00 bits per heavy atom. The molecule has 2 aliphatic heterocycles. The molecule has 2 heterocycles. The lowest BCUT2D eigenvalue weighted by molar-refractivity contribution is -0.138. The van der Waals surface area contributed by atoms with Crippen LogP contribution in [-0.4, -0.2) is 50.2 Å². The molecule has 4 nitrogen and oxygen atoms in total. The maximum Gasteiger partial charge on any atom is 0.227 e. The quantitative estimate of drug-likeness (QED) is 0.712. The minimum atomic E-state index is 0.209. The van der Waals surface area contributed by atoms with Crippen molar-refractivity contribution in [3.8, 4) is 0 Å². The monoisotopic (exact) mass is 212 g/mol. The normalized spacial score (nSPS) is 31.9. The van der Waals surface area contributed by atoms with Crippen LogP contribution in [0.4, 0.5) is 0 Å². The lowest BCUT2D eigenvalue weighted by atomic mass is 10.0. The minimum absolute atomic E-state index is 0.209. The highest BCUT2D eigenvalue weighted by molar-refractivity contribution is 5.79. The number of hydrogen-bond donors (Lipinski definition) is 1. The maximum atomic E-state index is 12.1. The average molecular weight is 212 g/mol. The Morgan fingerprint density at radius 2 is 2.33 bits per heavy atom. The summed E-state index contributed by atoms with van der Waals surface area (Å²) < 4.78 is 5.32. The zero-order valence-electron chi connectivity index (χ0n) is 9.37. The van der Waals surface area contributed by atoms with Gasteiger partial charge in [0.2, 0.25) is 5.91 Å². The van der Waals surface area contributed by atoms with Crippen molar-refractivity contribution >= 4 is 5.91 Å². The standard InChI is InChI=1S/C11H20N2O2/c1-15-10-3-2-6-13(8-10)11(14)9-4-5-12-7-9/h9-10,12H,2-8H2,1H3/t9-,10?/m0/s1. The van der Waals surface area contributed by atoms with E-state index in [2.05, 4.69) is 5.32 Å². The van der Waals surface area contributed by atoms with Crippen LogP contribution in [0.5, 0.6) is 0 Å². The van der Waals surface area contributed by atoms with Gasteiger partial charge in [0.05, 0.1) is 12.0 Å². The third kappa shape index (κ3) is 2.49. The third-order valence-electron chi connectivity index (χ3n) is 3.43. The van der Waals surface area contributed by atoms with Crippen LogP contribution >= 0.6 is 0 Å². The molecule has 0 spiro atoms. The molecule has 1 unspecified atom stereocenters. The summed E-state index contributed by atoms with van der Waals surface area (Å²) in [4.78, 5) is 14.1. The molecule has 0 radical (unpaired) electrons. The number of methoxy groups -OCH3 is 1. The molecule has 0 aromatic rings. The van der Waals surface area contributed by atoms with Gasteiger partial charge in [0.1, 0.15) is 0 Å². The Labute approximate surface area is 91.0 Å². The van der Waals surface area contributed by atoms with E-state index in [-0.39, 0.29) is 12.0 Å². The third-order valence-corrected chi connectivity index (χ3v) is 3.43. The van der Waals surface area contributed by atoms with E-state index in [4.69, 9.17) is 4.74 Å². The summed E-state index contributed by atoms with van der Waals surface area (Å²) in [7, 11) is 1.73. The number of piperidine rings is 1. The molecule has 0 aromatic carbocycles. The lowest BCUT2D eigenvalue weighted by Gasteiger charge is -2.33. The van der Waals surface area contributed by atoms with Gasteiger partial charge in [0.15, 0.2) is 0 Å². The van der Waals surface area contributed by atoms with Gasteiger partial charge in [-0.05, 0) is 25.8 Å². The summed E-state index contributed by atoms with van der Waals surface area (Å²) in [6.45, 7) is 3.53. The summed E-state index contributed by atoms with van der Waals surface area (Å²) in [6, 6.07) is 0. The molecule has 1 N–H and O–H groups in total. The Kier molecular flexibility index (Phi) is 3.59. The molecule has 15 heavy (non-hydrogen) atoms. The first-order chi connectivity index (χ1) is 7.31. The summed E-state index contributed by atoms with van der Waals surface area (Å²) >= 11 is 0. The zero-order valence-corrected chi connectivity index (χ0v) is 9.37. The van der Waals surface area contributed by atoms with Crippen LogP contribution in [0, 0.1) is 5.92 Å². The molecular weight excluding hydrogens is 192 g/mol. The predicted octanol–water partition coefficient (Wildman–Crippen LogP) is 0.233. The van der Waals surface area contributed by atoms with Crippen LogP contribution in [0.25, 0.3) is 0 Å². The van der Waals surface area contributed by atoms with E-state index < -0.39 is 0 Å². The van der Waals surface area contributed by atoms with Crippen molar-refractivity contribution in [2.75, 3.05) is 33.3 Å². The number of carbonyl (C=O) groups is 1. The first-order valence-electron chi connectivity index (χ1n) is 5.83. The molecule has 2 fully saturated rings. The zero-order chi connectivity index (χ0) is 10.7. The summed E-state index contributed by atoms with van der Waals surface area (Å²) in [5, 5.41) is 3.24. The second-order valence-corrected chi connectivity index (χ2v) is 4.47. The van der Waals surface area contributed by atoms with Gasteiger partial charge >= 0.3 is 0 Å². The molecule has 86 valence electrons. The molecule has 2 saturated heterocycles. The molecule has 2 aliphatic rings. The Balaban J connectivity index is 1.88. The van der Waals surface area contributed by atoms with Crippen LogP contribution in [0.15, 0.2) is 0 Å². The van der Waals surface area contributed by atoms with Gasteiger partial charge in [-0.2, -0.15) is 0 Å². The number of hydrogen-bond acceptors (Lipinski definition) is 3. The lowest BCUT2D eigenvalue weighted by Crippen LogP contribution is -2.45. The minimum Gasteiger partial charge on any atom is -0.380 e. The number of nitrogens with zero attached hydrogens (tertiary/aromatic N) is 1. The number of nitrogens with one attached hydrogen (secondary N) is 1. The van der Waals surface area contributed by atoms with Crippen molar-refractivity contribution in [2.24, 2.45) is 5.92 Å². The van der Waals surface area contributed by atoms with Crippen molar-refractivity contribution in [1.82, 2.24) is 10.2 Å². The Morgan fingerprint density at radius 1 is 1.47 bits per heavy atom. The van der Waals surface area contributed by atoms with Gasteiger partial charge in [0.25, 0.3) is 0 Å². The van der Waals surface area contributed by atoms with E-state index in [0.717, 1.165) is 45.4 Å². The molecule has 4 heteroatoms. The Bertz CT molecular complexity index is 227. The second kappa shape index (κ2) is 4.94. The van der Waals surface area contributed by atoms with Gasteiger partial charge < -0.3 is 15.0 Å². The molecule has 0 bridgehead atoms. The van der Waals surface area contributed by atoms with E-state index in [0.29, 0.717) is 5.91 Å². The molecule has 0 saturated carbocycles. The van der Waals surface area contributed by atoms with Crippen molar-refractivity contribution in [3.63, 3.8) is 0 Å². The highest BCUT2D eigenvalue weighted by atomic mass is 16.5. The fourth-order valence-electron chi connectivity index (χ4n) is 2.45. The molecule has 0 aliphatic carbocycles. The number of ether oxygens (including phenoxy) is 1. The predicted molar refractivity (Wildman–Crippen MR) is 57.6 cm³/mol. The summed E-state index contributed by atoms with van der Waals surface area (Å²) in [6.07, 6.45) is 3.40. The van der Waals surface area contributed by atoms with Gasteiger partial charge in [-0.25, -0.2) is 0 Å². The average Bonchev–Trinajstić information content (AvgIpc) is 2.81. The van der Waals surface area contributed by atoms with Gasteiger partial charge in [-0.15, -0.1) is 0 Å². The smallest absolute Gasteiger partial charge is 0.227 e. The van der Waals surface area contributed by atoms with E-state index in [1.165, 1.54) is 0 Å². The fourth-order valence-corrected chi connectivity index (χ4v) is 2.45. The first-order valence-corrected chi connectivity index (χ1v) is 5.83. The van der Waals surface area contributed by atoms with Crippen LogP contribution in [-0.2, 0) is 9.53 Å². The van der Waals surface area contributed by atoms with Crippen LogP contribution in [0.3, 0.4) is 0 Å². The second-order valence-electron chi connectivity index (χ2n) is 4.47. The van der Waals surface area contributed by atoms with Gasteiger partial charge in [0, 0.05) is 26.7 Å². The maximum absolute atomic E-state index is 12.1. The fraction of sp³-hybridized carbons (Fsp3) is 0.909. The van der Waals surface area contributed by atoms with Crippen LogP contribution in [0.2, 0.25) is 0 Å². The highest BCUT2D eigenvalue weighted by Gasteiger charge is 2.30. The largest absolute Gasteiger partial charge is 0.380 e. The van der Waals surface area contributed by atoms with Crippen molar-refractivity contribution in [1.29, 1.82) is 0 Å². The van der Waals surface area contributed by atoms with Crippen LogP contribution < -0.4 is 5.32 Å². The van der Waals surface area contributed by atoms with Gasteiger partial charge in [-0.3, -0.25) is 4.79 Å². The van der Waals surface area contributed by atoms with Crippen molar-refractivity contribution in [3.05, 3.63) is 0 Å².